The molecular formula is C27H39N3O3. The number of aliphatic carboxylic acids is 1. The van der Waals surface area contributed by atoms with Gasteiger partial charge in [0.15, 0.2) is 0 Å². The van der Waals surface area contributed by atoms with Gasteiger partial charge in [0.25, 0.3) is 0 Å². The highest BCUT2D eigenvalue weighted by atomic mass is 16.4. The largest absolute Gasteiger partial charge is 0.481 e. The summed E-state index contributed by atoms with van der Waals surface area (Å²) >= 11 is 0. The number of amides is 1. The second-order valence-electron chi connectivity index (χ2n) is 11.0. The summed E-state index contributed by atoms with van der Waals surface area (Å²) < 4.78 is 0. The molecule has 6 nitrogen and oxygen atoms in total. The Morgan fingerprint density at radius 3 is 2.64 bits per heavy atom. The van der Waals surface area contributed by atoms with Crippen molar-refractivity contribution in [3.05, 3.63) is 41.2 Å². The van der Waals surface area contributed by atoms with Crippen molar-refractivity contribution < 1.29 is 14.7 Å². The number of carbonyl (C=O) groups excluding carboxylic acids is 1. The second-order valence-corrected chi connectivity index (χ2v) is 11.0. The Morgan fingerprint density at radius 1 is 1.24 bits per heavy atom. The Kier molecular flexibility index (Phi) is 7.65. The fraction of sp³-hybridized carbons (Fsp3) is 0.593. The quantitative estimate of drug-likeness (QED) is 0.450. The van der Waals surface area contributed by atoms with E-state index in [0.29, 0.717) is 24.3 Å². The van der Waals surface area contributed by atoms with Crippen molar-refractivity contribution in [2.75, 3.05) is 6.54 Å². The van der Waals surface area contributed by atoms with Gasteiger partial charge in [-0.15, -0.1) is 0 Å². The van der Waals surface area contributed by atoms with E-state index in [-0.39, 0.29) is 24.7 Å². The van der Waals surface area contributed by atoms with Crippen molar-refractivity contribution >= 4 is 22.9 Å². The van der Waals surface area contributed by atoms with Crippen LogP contribution in [0.3, 0.4) is 0 Å². The van der Waals surface area contributed by atoms with Gasteiger partial charge in [-0.05, 0) is 67.1 Å². The number of hydrogen-bond acceptors (Lipinski definition) is 3. The van der Waals surface area contributed by atoms with Gasteiger partial charge < -0.3 is 15.4 Å². The van der Waals surface area contributed by atoms with Crippen LogP contribution in [0.25, 0.3) is 11.0 Å². The van der Waals surface area contributed by atoms with Crippen molar-refractivity contribution in [1.82, 2.24) is 15.3 Å². The van der Waals surface area contributed by atoms with Crippen LogP contribution >= 0.6 is 0 Å². The number of aromatic amines is 1. The van der Waals surface area contributed by atoms with Crippen LogP contribution in [0.4, 0.5) is 0 Å². The molecule has 3 rings (SSSR count). The number of allylic oxidation sites excluding steroid dienone is 1. The fourth-order valence-corrected chi connectivity index (χ4v) is 5.21. The number of carbonyl (C=O) groups is 2. The molecule has 0 fully saturated rings. The molecular weight excluding hydrogens is 414 g/mol. The van der Waals surface area contributed by atoms with E-state index in [1.165, 1.54) is 11.1 Å². The lowest BCUT2D eigenvalue weighted by Gasteiger charge is -2.37. The molecule has 6 heteroatoms. The van der Waals surface area contributed by atoms with Crippen LogP contribution in [-0.2, 0) is 16.0 Å². The molecule has 2 aromatic rings. The summed E-state index contributed by atoms with van der Waals surface area (Å²) in [6.45, 7) is 13.0. The zero-order valence-electron chi connectivity index (χ0n) is 20.9. The summed E-state index contributed by atoms with van der Waals surface area (Å²) in [4.78, 5) is 31.9. The average Bonchev–Trinajstić information content (AvgIpc) is 3.07. The Morgan fingerprint density at radius 2 is 1.97 bits per heavy atom. The van der Waals surface area contributed by atoms with Crippen molar-refractivity contribution in [3.8, 4) is 0 Å². The number of H-pyrrole nitrogens is 1. The van der Waals surface area contributed by atoms with Crippen LogP contribution in [0.5, 0.6) is 0 Å². The maximum absolute atomic E-state index is 12.5. The van der Waals surface area contributed by atoms with Gasteiger partial charge in [0.1, 0.15) is 5.82 Å². The summed E-state index contributed by atoms with van der Waals surface area (Å²) in [6.07, 6.45) is 4.51. The third-order valence-electron chi connectivity index (χ3n) is 7.01. The van der Waals surface area contributed by atoms with Crippen LogP contribution < -0.4 is 5.32 Å². The standard InChI is InChI=1S/C27H39N3O3/c1-16(2)21-11-19(12-24-29-22-8-7-17(3)9-23(22)30-24)18(4)10-20(21)15-28-25(31)13-27(5,6)14-26(32)33/h7-10,16,19-21H,11-15H2,1-6H3,(H,28,31)(H,29,30)(H,32,33). The van der Waals surface area contributed by atoms with E-state index in [4.69, 9.17) is 10.1 Å². The number of benzene rings is 1. The molecule has 1 aliphatic rings. The lowest BCUT2D eigenvalue weighted by Crippen LogP contribution is -2.38. The third-order valence-corrected chi connectivity index (χ3v) is 7.01. The summed E-state index contributed by atoms with van der Waals surface area (Å²) in [7, 11) is 0. The first-order chi connectivity index (χ1) is 15.4. The normalized spacial score (nSPS) is 21.3. The molecule has 0 aliphatic heterocycles. The number of rotatable bonds is 9. The molecule has 3 N–H and O–H groups in total. The summed E-state index contributed by atoms with van der Waals surface area (Å²) in [6, 6.07) is 6.31. The molecule has 180 valence electrons. The molecule has 1 aliphatic carbocycles. The van der Waals surface area contributed by atoms with Crippen molar-refractivity contribution in [2.45, 2.75) is 67.2 Å². The minimum atomic E-state index is -0.871. The number of aromatic nitrogens is 2. The van der Waals surface area contributed by atoms with E-state index in [9.17, 15) is 9.59 Å². The van der Waals surface area contributed by atoms with Crippen LogP contribution in [0.1, 0.15) is 65.3 Å². The van der Waals surface area contributed by atoms with E-state index >= 15 is 0 Å². The number of imidazole rings is 1. The van der Waals surface area contributed by atoms with Crippen LogP contribution in [0.2, 0.25) is 0 Å². The predicted octanol–water partition coefficient (Wildman–Crippen LogP) is 5.28. The molecule has 0 spiro atoms. The number of nitrogens with one attached hydrogen (secondary N) is 2. The molecule has 0 bridgehead atoms. The summed E-state index contributed by atoms with van der Waals surface area (Å²) in [5.74, 6) is 1.77. The Labute approximate surface area is 197 Å². The highest BCUT2D eigenvalue weighted by Gasteiger charge is 2.33. The summed E-state index contributed by atoms with van der Waals surface area (Å²) in [5.41, 5.74) is 4.13. The molecule has 3 atom stereocenters. The highest BCUT2D eigenvalue weighted by Crippen LogP contribution is 2.38. The van der Waals surface area contributed by atoms with E-state index in [1.54, 1.807) is 0 Å². The molecule has 0 saturated carbocycles. The lowest BCUT2D eigenvalue weighted by atomic mass is 9.69. The second kappa shape index (κ2) is 10.1. The van der Waals surface area contributed by atoms with E-state index in [0.717, 1.165) is 29.7 Å². The van der Waals surface area contributed by atoms with Gasteiger partial charge in [0.2, 0.25) is 5.91 Å². The molecule has 1 aromatic heterocycles. The predicted molar refractivity (Wildman–Crippen MR) is 132 cm³/mol. The summed E-state index contributed by atoms with van der Waals surface area (Å²) in [5, 5.41) is 12.1. The molecule has 0 saturated heterocycles. The number of fused-ring (bicyclic) bond motifs is 1. The zero-order valence-corrected chi connectivity index (χ0v) is 20.9. The Balaban J connectivity index is 1.66. The van der Waals surface area contributed by atoms with Crippen molar-refractivity contribution in [1.29, 1.82) is 0 Å². The van der Waals surface area contributed by atoms with Gasteiger partial charge in [-0.25, -0.2) is 4.98 Å². The number of hydrogen-bond donors (Lipinski definition) is 3. The zero-order chi connectivity index (χ0) is 24.3. The molecule has 3 unspecified atom stereocenters. The number of carboxylic acids is 1. The monoisotopic (exact) mass is 453 g/mol. The van der Waals surface area contributed by atoms with Gasteiger partial charge in [0.05, 0.1) is 17.5 Å². The van der Waals surface area contributed by atoms with Crippen LogP contribution in [0.15, 0.2) is 29.8 Å². The number of aryl methyl sites for hydroxylation is 1. The maximum Gasteiger partial charge on any atom is 0.303 e. The van der Waals surface area contributed by atoms with Crippen molar-refractivity contribution in [3.63, 3.8) is 0 Å². The average molecular weight is 454 g/mol. The molecule has 1 heterocycles. The Hall–Kier alpha value is -2.63. The third kappa shape index (κ3) is 6.68. The van der Waals surface area contributed by atoms with Crippen molar-refractivity contribution in [2.24, 2.45) is 29.1 Å². The van der Waals surface area contributed by atoms with Gasteiger partial charge in [-0.3, -0.25) is 9.59 Å². The molecule has 33 heavy (non-hydrogen) atoms. The van der Waals surface area contributed by atoms with E-state index in [2.05, 4.69) is 62.3 Å². The van der Waals surface area contributed by atoms with E-state index in [1.807, 2.05) is 13.8 Å². The highest BCUT2D eigenvalue weighted by molar-refractivity contribution is 5.78. The SMILES string of the molecule is CC1=CC(CNC(=O)CC(C)(C)CC(=O)O)C(C(C)C)CC1Cc1nc2ccc(C)cc2[nH]1. The molecule has 1 aromatic carbocycles. The Bertz CT molecular complexity index is 1030. The fourth-order valence-electron chi connectivity index (χ4n) is 5.21. The smallest absolute Gasteiger partial charge is 0.303 e. The van der Waals surface area contributed by atoms with Gasteiger partial charge in [-0.1, -0.05) is 45.4 Å². The topological polar surface area (TPSA) is 95.1 Å². The lowest BCUT2D eigenvalue weighted by molar-refractivity contribution is -0.139. The van der Waals surface area contributed by atoms with Crippen LogP contribution in [-0.4, -0.2) is 33.5 Å². The van der Waals surface area contributed by atoms with E-state index < -0.39 is 11.4 Å². The number of carboxylic acid groups (broad SMARTS) is 1. The van der Waals surface area contributed by atoms with Crippen LogP contribution in [0, 0.1) is 36.0 Å². The van der Waals surface area contributed by atoms with Gasteiger partial charge in [-0.2, -0.15) is 0 Å². The minimum Gasteiger partial charge on any atom is -0.481 e. The van der Waals surface area contributed by atoms with Gasteiger partial charge >= 0.3 is 5.97 Å². The first-order valence-electron chi connectivity index (χ1n) is 12.1. The first-order valence-corrected chi connectivity index (χ1v) is 12.1. The van der Waals surface area contributed by atoms with Gasteiger partial charge in [0, 0.05) is 19.4 Å². The number of nitrogens with zero attached hydrogens (tertiary/aromatic N) is 1. The first kappa shape index (κ1) is 25.0. The maximum atomic E-state index is 12.5. The molecule has 1 amide bonds. The molecule has 0 radical (unpaired) electrons. The minimum absolute atomic E-state index is 0.0134.